The molecular weight excluding hydrogens is 388 g/mol. The number of amides is 2. The van der Waals surface area contributed by atoms with Crippen LogP contribution in [0.3, 0.4) is 0 Å². The zero-order valence-corrected chi connectivity index (χ0v) is 15.8. The molecule has 0 aliphatic rings. The molecule has 0 bridgehead atoms. The fourth-order valence-electron chi connectivity index (χ4n) is 2.19. The van der Waals surface area contributed by atoms with Crippen LogP contribution in [0.1, 0.15) is 17.3 Å². The van der Waals surface area contributed by atoms with Gasteiger partial charge in [-0.3, -0.25) is 24.4 Å². The Morgan fingerprint density at radius 3 is 2.25 bits per heavy atom. The van der Waals surface area contributed by atoms with E-state index in [1.807, 2.05) is 0 Å². The summed E-state index contributed by atoms with van der Waals surface area (Å²) in [6, 6.07) is 10.2. The van der Waals surface area contributed by atoms with Crippen LogP contribution in [0, 0.1) is 10.1 Å². The fourth-order valence-corrected chi connectivity index (χ4v) is 2.76. The van der Waals surface area contributed by atoms with Crippen LogP contribution in [0.25, 0.3) is 0 Å². The van der Waals surface area contributed by atoms with E-state index in [1.165, 1.54) is 49.4 Å². The van der Waals surface area contributed by atoms with Crippen molar-refractivity contribution in [1.82, 2.24) is 5.32 Å². The normalized spacial score (nSPS) is 11.9. The van der Waals surface area contributed by atoms with E-state index in [4.69, 9.17) is 0 Å². The van der Waals surface area contributed by atoms with Crippen LogP contribution < -0.4 is 15.4 Å². The van der Waals surface area contributed by atoms with Gasteiger partial charge in [-0.15, -0.1) is 0 Å². The molecule has 1 atom stereocenters. The van der Waals surface area contributed by atoms with Crippen molar-refractivity contribution in [3.8, 4) is 0 Å². The van der Waals surface area contributed by atoms with Gasteiger partial charge in [0.25, 0.3) is 11.6 Å². The van der Waals surface area contributed by atoms with Crippen molar-refractivity contribution in [3.63, 3.8) is 0 Å². The Morgan fingerprint density at radius 1 is 1.07 bits per heavy atom. The van der Waals surface area contributed by atoms with Crippen LogP contribution in [-0.2, 0) is 14.8 Å². The van der Waals surface area contributed by atoms with Gasteiger partial charge in [-0.1, -0.05) is 6.07 Å². The Morgan fingerprint density at radius 2 is 1.68 bits per heavy atom. The number of non-ortho nitro benzene ring substituents is 1. The first-order valence-electron chi connectivity index (χ1n) is 7.99. The summed E-state index contributed by atoms with van der Waals surface area (Å²) in [5.74, 6) is -1.14. The van der Waals surface area contributed by atoms with Gasteiger partial charge in [-0.25, -0.2) is 8.42 Å². The molecule has 0 saturated carbocycles. The van der Waals surface area contributed by atoms with E-state index in [1.54, 1.807) is 0 Å². The topological polar surface area (TPSA) is 148 Å². The molecule has 0 aromatic heterocycles. The largest absolute Gasteiger partial charge is 0.341 e. The summed E-state index contributed by atoms with van der Waals surface area (Å²) in [6.07, 6.45) is 1.02. The maximum atomic E-state index is 12.2. The van der Waals surface area contributed by atoms with Gasteiger partial charge in [0, 0.05) is 29.1 Å². The second-order valence-corrected chi connectivity index (χ2v) is 7.69. The molecule has 11 heteroatoms. The first-order chi connectivity index (χ1) is 13.0. The molecule has 0 radical (unpaired) electrons. The van der Waals surface area contributed by atoms with E-state index in [-0.39, 0.29) is 11.3 Å². The lowest BCUT2D eigenvalue weighted by Crippen LogP contribution is -2.41. The van der Waals surface area contributed by atoms with E-state index in [0.717, 1.165) is 12.3 Å². The average molecular weight is 406 g/mol. The van der Waals surface area contributed by atoms with Crippen molar-refractivity contribution in [2.24, 2.45) is 0 Å². The number of rotatable bonds is 7. The van der Waals surface area contributed by atoms with Crippen molar-refractivity contribution < 1.29 is 22.9 Å². The number of hydrogen-bond acceptors (Lipinski definition) is 6. The minimum absolute atomic E-state index is 0.0602. The quantitative estimate of drug-likeness (QED) is 0.471. The maximum absolute atomic E-state index is 12.2. The maximum Gasteiger partial charge on any atom is 0.270 e. The van der Waals surface area contributed by atoms with Gasteiger partial charge in [0.05, 0.1) is 11.2 Å². The van der Waals surface area contributed by atoms with Gasteiger partial charge >= 0.3 is 0 Å². The van der Waals surface area contributed by atoms with E-state index in [0.29, 0.717) is 11.4 Å². The second-order valence-electron chi connectivity index (χ2n) is 5.94. The third-order valence-corrected chi connectivity index (χ3v) is 4.12. The monoisotopic (exact) mass is 406 g/mol. The third kappa shape index (κ3) is 6.06. The molecule has 1 unspecified atom stereocenters. The van der Waals surface area contributed by atoms with Crippen LogP contribution in [0.2, 0.25) is 0 Å². The Hall–Kier alpha value is -3.47. The highest BCUT2D eigenvalue weighted by Crippen LogP contribution is 2.15. The minimum atomic E-state index is -3.40. The second kappa shape index (κ2) is 8.48. The van der Waals surface area contributed by atoms with E-state index < -0.39 is 32.8 Å². The summed E-state index contributed by atoms with van der Waals surface area (Å²) < 4.78 is 24.6. The Balaban J connectivity index is 1.98. The molecule has 28 heavy (non-hydrogen) atoms. The number of carbonyl (C=O) groups is 2. The predicted molar refractivity (Wildman–Crippen MR) is 104 cm³/mol. The lowest BCUT2D eigenvalue weighted by molar-refractivity contribution is -0.384. The molecule has 0 spiro atoms. The number of anilines is 2. The van der Waals surface area contributed by atoms with E-state index in [9.17, 15) is 28.1 Å². The highest BCUT2D eigenvalue weighted by atomic mass is 32.2. The number of nitrogens with zero attached hydrogens (tertiary/aromatic N) is 1. The van der Waals surface area contributed by atoms with Crippen molar-refractivity contribution >= 4 is 38.9 Å². The average Bonchev–Trinajstić information content (AvgIpc) is 2.62. The van der Waals surface area contributed by atoms with Crippen LogP contribution in [-0.4, -0.2) is 37.5 Å². The number of sulfonamides is 1. The van der Waals surface area contributed by atoms with Gasteiger partial charge in [0.2, 0.25) is 15.9 Å². The van der Waals surface area contributed by atoms with Crippen molar-refractivity contribution in [1.29, 1.82) is 0 Å². The molecule has 0 heterocycles. The van der Waals surface area contributed by atoms with Gasteiger partial charge in [-0.2, -0.15) is 0 Å². The first kappa shape index (κ1) is 20.8. The summed E-state index contributed by atoms with van der Waals surface area (Å²) in [5.41, 5.74) is 0.575. The lowest BCUT2D eigenvalue weighted by atomic mass is 10.1. The predicted octanol–water partition coefficient (Wildman–Crippen LogP) is 1.72. The standard InChI is InChI=1S/C17H18N4O6S/c1-11(18-17(23)12-4-3-5-15(10-12)21(24)25)16(22)19-13-6-8-14(9-7-13)20-28(2,26)27/h3-11,20H,1-2H3,(H,18,23)(H,19,22). The summed E-state index contributed by atoms with van der Waals surface area (Å²) in [7, 11) is -3.40. The molecule has 10 nitrogen and oxygen atoms in total. The Bertz CT molecular complexity index is 1000. The molecule has 0 aliphatic carbocycles. The molecule has 3 N–H and O–H groups in total. The SMILES string of the molecule is CC(NC(=O)c1cccc([N+](=O)[O-])c1)C(=O)Nc1ccc(NS(C)(=O)=O)cc1. The molecular formula is C17H18N4O6S. The number of nitro benzene ring substituents is 1. The van der Waals surface area contributed by atoms with Gasteiger partial charge in [0.15, 0.2) is 0 Å². The van der Waals surface area contributed by atoms with Crippen molar-refractivity contribution in [2.75, 3.05) is 16.3 Å². The molecule has 0 fully saturated rings. The molecule has 2 rings (SSSR count). The van der Waals surface area contributed by atoms with E-state index >= 15 is 0 Å². The zero-order valence-electron chi connectivity index (χ0n) is 15.0. The number of nitro groups is 1. The Kier molecular flexibility index (Phi) is 6.31. The molecule has 0 saturated heterocycles. The van der Waals surface area contributed by atoms with E-state index in [2.05, 4.69) is 15.4 Å². The first-order valence-corrected chi connectivity index (χ1v) is 9.88. The Labute approximate surface area is 161 Å². The van der Waals surface area contributed by atoms with Crippen LogP contribution in [0.5, 0.6) is 0 Å². The molecule has 2 amide bonds. The zero-order chi connectivity index (χ0) is 20.9. The van der Waals surface area contributed by atoms with Gasteiger partial charge in [-0.05, 0) is 37.3 Å². The summed E-state index contributed by atoms with van der Waals surface area (Å²) in [5, 5.41) is 15.8. The smallest absolute Gasteiger partial charge is 0.270 e. The molecule has 0 aliphatic heterocycles. The minimum Gasteiger partial charge on any atom is -0.341 e. The summed E-state index contributed by atoms with van der Waals surface area (Å²) in [6.45, 7) is 1.46. The number of carbonyl (C=O) groups excluding carboxylic acids is 2. The lowest BCUT2D eigenvalue weighted by Gasteiger charge is -2.14. The van der Waals surface area contributed by atoms with Crippen molar-refractivity contribution in [2.45, 2.75) is 13.0 Å². The van der Waals surface area contributed by atoms with Crippen LogP contribution in [0.15, 0.2) is 48.5 Å². The highest BCUT2D eigenvalue weighted by Gasteiger charge is 2.18. The highest BCUT2D eigenvalue weighted by molar-refractivity contribution is 7.92. The van der Waals surface area contributed by atoms with Gasteiger partial charge in [0.1, 0.15) is 6.04 Å². The molecule has 2 aromatic carbocycles. The van der Waals surface area contributed by atoms with Crippen LogP contribution >= 0.6 is 0 Å². The summed E-state index contributed by atoms with van der Waals surface area (Å²) in [4.78, 5) is 34.6. The number of hydrogen-bond donors (Lipinski definition) is 3. The van der Waals surface area contributed by atoms with Crippen LogP contribution in [0.4, 0.5) is 17.1 Å². The summed E-state index contributed by atoms with van der Waals surface area (Å²) >= 11 is 0. The number of benzene rings is 2. The third-order valence-electron chi connectivity index (χ3n) is 3.52. The van der Waals surface area contributed by atoms with Gasteiger partial charge < -0.3 is 10.6 Å². The molecule has 148 valence electrons. The number of nitrogens with one attached hydrogen (secondary N) is 3. The van der Waals surface area contributed by atoms with Crippen molar-refractivity contribution in [3.05, 3.63) is 64.2 Å². The fraction of sp³-hybridized carbons (Fsp3) is 0.176. The molecule has 2 aromatic rings.